The van der Waals surface area contributed by atoms with Gasteiger partial charge in [-0.3, -0.25) is 9.59 Å². The number of amides is 2. The van der Waals surface area contributed by atoms with Crippen molar-refractivity contribution < 1.29 is 14.3 Å². The van der Waals surface area contributed by atoms with Crippen molar-refractivity contribution in [1.29, 1.82) is 0 Å². The molecule has 0 spiro atoms. The van der Waals surface area contributed by atoms with Crippen molar-refractivity contribution >= 4 is 23.6 Å². The van der Waals surface area contributed by atoms with Crippen molar-refractivity contribution in [1.82, 2.24) is 10.2 Å². The van der Waals surface area contributed by atoms with Gasteiger partial charge in [0.05, 0.1) is 12.0 Å². The first-order chi connectivity index (χ1) is 10.1. The zero-order valence-electron chi connectivity index (χ0n) is 13.0. The van der Waals surface area contributed by atoms with E-state index < -0.39 is 0 Å². The Morgan fingerprint density at radius 3 is 2.62 bits per heavy atom. The number of methoxy groups -OCH3 is 1. The third-order valence-electron chi connectivity index (χ3n) is 4.36. The fourth-order valence-corrected chi connectivity index (χ4v) is 5.00. The molecular weight excluding hydrogens is 288 g/mol. The van der Waals surface area contributed by atoms with Gasteiger partial charge in [0.15, 0.2) is 0 Å². The summed E-state index contributed by atoms with van der Waals surface area (Å²) in [5.74, 6) is 1.22. The third-order valence-corrected chi connectivity index (χ3v) is 5.82. The molecule has 1 aliphatic heterocycles. The van der Waals surface area contributed by atoms with Crippen LogP contribution in [-0.2, 0) is 14.3 Å². The fraction of sp³-hybridized carbons (Fsp3) is 0.867. The van der Waals surface area contributed by atoms with Crippen molar-refractivity contribution in [2.45, 2.75) is 50.4 Å². The number of carbonyl (C=O) groups excluding carboxylic acids is 2. The second-order valence-corrected chi connectivity index (χ2v) is 7.00. The van der Waals surface area contributed by atoms with Crippen molar-refractivity contribution in [2.75, 3.05) is 26.0 Å². The van der Waals surface area contributed by atoms with E-state index >= 15 is 0 Å². The highest BCUT2D eigenvalue weighted by Crippen LogP contribution is 2.40. The standard InChI is InChI=1S/C15H26N2O3S/c1-11(18)17-13(14(19)16-8-9-20-2)10-21-15(17)12-6-4-3-5-7-12/h12-13,15H,3-10H2,1-2H3,(H,16,19). The average Bonchev–Trinajstić information content (AvgIpc) is 2.93. The molecule has 1 saturated heterocycles. The molecule has 2 rings (SSSR count). The van der Waals surface area contributed by atoms with Crippen LogP contribution < -0.4 is 5.32 Å². The Bertz CT molecular complexity index is 372. The second kappa shape index (κ2) is 8.03. The maximum atomic E-state index is 12.3. The molecule has 2 atom stereocenters. The molecule has 120 valence electrons. The van der Waals surface area contributed by atoms with Gasteiger partial charge in [-0.1, -0.05) is 19.3 Å². The molecule has 2 fully saturated rings. The molecule has 1 N–H and O–H groups in total. The Hall–Kier alpha value is -0.750. The van der Waals surface area contributed by atoms with Crippen LogP contribution >= 0.6 is 11.8 Å². The third kappa shape index (κ3) is 4.13. The number of nitrogens with one attached hydrogen (secondary N) is 1. The second-order valence-electron chi connectivity index (χ2n) is 5.85. The number of hydrogen-bond donors (Lipinski definition) is 1. The average molecular weight is 314 g/mol. The lowest BCUT2D eigenvalue weighted by Gasteiger charge is -2.34. The van der Waals surface area contributed by atoms with Crippen molar-refractivity contribution in [3.63, 3.8) is 0 Å². The van der Waals surface area contributed by atoms with Crippen molar-refractivity contribution in [2.24, 2.45) is 5.92 Å². The van der Waals surface area contributed by atoms with Gasteiger partial charge in [0.1, 0.15) is 6.04 Å². The van der Waals surface area contributed by atoms with E-state index in [2.05, 4.69) is 5.32 Å². The Labute approximate surface area is 131 Å². The van der Waals surface area contributed by atoms with Crippen LogP contribution in [-0.4, -0.2) is 54.1 Å². The summed E-state index contributed by atoms with van der Waals surface area (Å²) in [6.45, 7) is 2.57. The van der Waals surface area contributed by atoms with E-state index in [-0.39, 0.29) is 23.2 Å². The van der Waals surface area contributed by atoms with E-state index in [4.69, 9.17) is 4.74 Å². The normalized spacial score (nSPS) is 26.9. The minimum Gasteiger partial charge on any atom is -0.383 e. The highest BCUT2D eigenvalue weighted by atomic mass is 32.2. The van der Waals surface area contributed by atoms with Crippen LogP contribution in [0.15, 0.2) is 0 Å². The quantitative estimate of drug-likeness (QED) is 0.784. The molecule has 0 aromatic heterocycles. The molecular formula is C15H26N2O3S. The van der Waals surface area contributed by atoms with Gasteiger partial charge in [-0.05, 0) is 18.8 Å². The molecule has 6 heteroatoms. The summed E-state index contributed by atoms with van der Waals surface area (Å²) in [5.41, 5.74) is 0. The summed E-state index contributed by atoms with van der Waals surface area (Å²) in [6.07, 6.45) is 6.16. The maximum absolute atomic E-state index is 12.3. The molecule has 21 heavy (non-hydrogen) atoms. The Morgan fingerprint density at radius 1 is 1.29 bits per heavy atom. The van der Waals surface area contributed by atoms with Gasteiger partial charge in [0.25, 0.3) is 0 Å². The molecule has 0 aromatic carbocycles. The number of hydrogen-bond acceptors (Lipinski definition) is 4. The number of carbonyl (C=O) groups is 2. The predicted octanol–water partition coefficient (Wildman–Crippen LogP) is 1.62. The van der Waals surface area contributed by atoms with E-state index in [1.165, 1.54) is 32.1 Å². The Balaban J connectivity index is 1.98. The van der Waals surface area contributed by atoms with Crippen LogP contribution in [0.5, 0.6) is 0 Å². The van der Waals surface area contributed by atoms with Crippen LogP contribution in [0.25, 0.3) is 0 Å². The molecule has 2 amide bonds. The SMILES string of the molecule is COCCNC(=O)C1CSC(C2CCCCC2)N1C(C)=O. The predicted molar refractivity (Wildman–Crippen MR) is 84.0 cm³/mol. The van der Waals surface area contributed by atoms with Gasteiger partial charge < -0.3 is 15.0 Å². The van der Waals surface area contributed by atoms with Crippen LogP contribution in [0.2, 0.25) is 0 Å². The summed E-state index contributed by atoms with van der Waals surface area (Å²) in [6, 6.07) is -0.323. The molecule has 1 aliphatic carbocycles. The zero-order chi connectivity index (χ0) is 15.2. The smallest absolute Gasteiger partial charge is 0.243 e. The van der Waals surface area contributed by atoms with E-state index in [9.17, 15) is 9.59 Å². The molecule has 5 nitrogen and oxygen atoms in total. The van der Waals surface area contributed by atoms with Crippen LogP contribution in [0.1, 0.15) is 39.0 Å². The van der Waals surface area contributed by atoms with Gasteiger partial charge in [0, 0.05) is 26.3 Å². The lowest BCUT2D eigenvalue weighted by atomic mass is 9.88. The lowest BCUT2D eigenvalue weighted by Crippen LogP contribution is -2.51. The van der Waals surface area contributed by atoms with Crippen LogP contribution in [0, 0.1) is 5.92 Å². The van der Waals surface area contributed by atoms with E-state index in [1.807, 2.05) is 4.90 Å². The molecule has 1 saturated carbocycles. The molecule has 0 radical (unpaired) electrons. The number of thioether (sulfide) groups is 1. The number of ether oxygens (including phenoxy) is 1. The highest BCUT2D eigenvalue weighted by Gasteiger charge is 2.43. The topological polar surface area (TPSA) is 58.6 Å². The molecule has 2 aliphatic rings. The largest absolute Gasteiger partial charge is 0.383 e. The minimum absolute atomic E-state index is 0.0162. The minimum atomic E-state index is -0.323. The summed E-state index contributed by atoms with van der Waals surface area (Å²) < 4.78 is 4.94. The summed E-state index contributed by atoms with van der Waals surface area (Å²) in [7, 11) is 1.61. The molecule has 2 unspecified atom stereocenters. The Kier molecular flexibility index (Phi) is 6.36. The number of nitrogens with zero attached hydrogens (tertiary/aromatic N) is 1. The van der Waals surface area contributed by atoms with Crippen molar-refractivity contribution in [3.05, 3.63) is 0 Å². The van der Waals surface area contributed by atoms with Gasteiger partial charge in [0.2, 0.25) is 11.8 Å². The monoisotopic (exact) mass is 314 g/mol. The van der Waals surface area contributed by atoms with Crippen molar-refractivity contribution in [3.8, 4) is 0 Å². The summed E-state index contributed by atoms with van der Waals surface area (Å²) in [5, 5.41) is 3.04. The van der Waals surface area contributed by atoms with Crippen LogP contribution in [0.3, 0.4) is 0 Å². The first-order valence-electron chi connectivity index (χ1n) is 7.82. The zero-order valence-corrected chi connectivity index (χ0v) is 13.8. The molecule has 0 aromatic rings. The first kappa shape index (κ1) is 16.6. The van der Waals surface area contributed by atoms with Gasteiger partial charge in [-0.25, -0.2) is 0 Å². The summed E-state index contributed by atoms with van der Waals surface area (Å²) in [4.78, 5) is 26.2. The molecule has 0 bridgehead atoms. The first-order valence-corrected chi connectivity index (χ1v) is 8.87. The van der Waals surface area contributed by atoms with Gasteiger partial charge in [-0.15, -0.1) is 11.8 Å². The highest BCUT2D eigenvalue weighted by molar-refractivity contribution is 8.00. The maximum Gasteiger partial charge on any atom is 0.243 e. The van der Waals surface area contributed by atoms with Gasteiger partial charge in [-0.2, -0.15) is 0 Å². The molecule has 1 heterocycles. The van der Waals surface area contributed by atoms with Gasteiger partial charge >= 0.3 is 0 Å². The van der Waals surface area contributed by atoms with E-state index in [0.717, 1.165) is 0 Å². The number of rotatable bonds is 5. The van der Waals surface area contributed by atoms with Crippen LogP contribution in [0.4, 0.5) is 0 Å². The van der Waals surface area contributed by atoms with E-state index in [0.29, 0.717) is 24.8 Å². The summed E-state index contributed by atoms with van der Waals surface area (Å²) >= 11 is 1.77. The Morgan fingerprint density at radius 2 is 2.00 bits per heavy atom. The fourth-order valence-electron chi connectivity index (χ4n) is 3.30. The van der Waals surface area contributed by atoms with E-state index in [1.54, 1.807) is 25.8 Å². The lowest BCUT2D eigenvalue weighted by molar-refractivity contribution is -0.139.